The van der Waals surface area contributed by atoms with E-state index in [1.54, 1.807) is 6.92 Å². The topological polar surface area (TPSA) is 84.7 Å². The summed E-state index contributed by atoms with van der Waals surface area (Å²) >= 11 is 0. The fraction of sp³-hybridized carbons (Fsp3) is 0.353. The summed E-state index contributed by atoms with van der Waals surface area (Å²) in [6.45, 7) is 6.00. The number of rotatable bonds is 4. The molecule has 1 atom stereocenters. The Hall–Kier alpha value is -2.45. The third-order valence-corrected chi connectivity index (χ3v) is 3.69. The Morgan fingerprint density at radius 3 is 2.50 bits per heavy atom. The second-order valence-corrected chi connectivity index (χ2v) is 5.69. The molecule has 22 heavy (non-hydrogen) atoms. The second-order valence-electron chi connectivity index (χ2n) is 5.69. The predicted octanol–water partition coefficient (Wildman–Crippen LogP) is 2.13. The largest absolute Gasteiger partial charge is 0.321 e. The zero-order valence-electron chi connectivity index (χ0n) is 13.1. The number of benzene rings is 1. The van der Waals surface area contributed by atoms with Crippen molar-refractivity contribution in [1.29, 1.82) is 5.26 Å². The molecule has 0 radical (unpaired) electrons. The highest BCUT2D eigenvalue weighted by Crippen LogP contribution is 2.18. The summed E-state index contributed by atoms with van der Waals surface area (Å²) in [6, 6.07) is 11.2. The summed E-state index contributed by atoms with van der Waals surface area (Å²) in [5, 5.41) is 9.19. The molecule has 0 aliphatic rings. The van der Waals surface area contributed by atoms with Crippen LogP contribution >= 0.6 is 0 Å². The molecular formula is C17H20N4O. The summed E-state index contributed by atoms with van der Waals surface area (Å²) < 4.78 is 1.52. The Morgan fingerprint density at radius 2 is 1.95 bits per heavy atom. The van der Waals surface area contributed by atoms with Gasteiger partial charge >= 0.3 is 0 Å². The van der Waals surface area contributed by atoms with E-state index in [4.69, 9.17) is 5.73 Å². The van der Waals surface area contributed by atoms with Crippen LogP contribution in [0.2, 0.25) is 0 Å². The first-order chi connectivity index (χ1) is 10.5. The molecule has 0 aliphatic heterocycles. The van der Waals surface area contributed by atoms with Crippen molar-refractivity contribution in [2.24, 2.45) is 11.7 Å². The van der Waals surface area contributed by atoms with Gasteiger partial charge in [0.2, 0.25) is 0 Å². The van der Waals surface area contributed by atoms with Gasteiger partial charge in [0.05, 0.1) is 18.3 Å². The maximum Gasteiger partial charge on any atom is 0.272 e. The molecule has 2 N–H and O–H groups in total. The smallest absolute Gasteiger partial charge is 0.272 e. The van der Waals surface area contributed by atoms with E-state index in [0.717, 1.165) is 5.56 Å². The average Bonchev–Trinajstić information content (AvgIpc) is 2.50. The van der Waals surface area contributed by atoms with Crippen molar-refractivity contribution in [3.8, 4) is 6.07 Å². The van der Waals surface area contributed by atoms with E-state index < -0.39 is 0 Å². The number of aromatic nitrogens is 2. The van der Waals surface area contributed by atoms with Crippen molar-refractivity contribution in [2.45, 2.75) is 33.4 Å². The number of nitrogens with two attached hydrogens (primary N) is 1. The first kappa shape index (κ1) is 15.9. The first-order valence-electron chi connectivity index (χ1n) is 7.26. The van der Waals surface area contributed by atoms with Crippen LogP contribution in [0.5, 0.6) is 0 Å². The van der Waals surface area contributed by atoms with E-state index in [2.05, 4.69) is 4.98 Å². The fourth-order valence-electron chi connectivity index (χ4n) is 2.28. The number of hydrogen-bond donors (Lipinski definition) is 1. The summed E-state index contributed by atoms with van der Waals surface area (Å²) in [5.41, 5.74) is 7.37. The molecule has 0 aliphatic carbocycles. The highest BCUT2D eigenvalue weighted by Gasteiger charge is 2.21. The van der Waals surface area contributed by atoms with Crippen LogP contribution in [-0.2, 0) is 6.54 Å². The van der Waals surface area contributed by atoms with Crippen LogP contribution < -0.4 is 11.3 Å². The van der Waals surface area contributed by atoms with Crippen LogP contribution in [0.3, 0.4) is 0 Å². The lowest BCUT2D eigenvalue weighted by molar-refractivity contribution is 0.458. The van der Waals surface area contributed by atoms with Gasteiger partial charge in [-0.15, -0.1) is 0 Å². The van der Waals surface area contributed by atoms with Crippen molar-refractivity contribution in [3.05, 3.63) is 63.3 Å². The molecule has 114 valence electrons. The summed E-state index contributed by atoms with van der Waals surface area (Å²) in [6.07, 6.45) is 0. The van der Waals surface area contributed by atoms with E-state index in [9.17, 15) is 10.1 Å². The molecule has 1 aromatic carbocycles. The Morgan fingerprint density at radius 1 is 1.32 bits per heavy atom. The molecule has 1 unspecified atom stereocenters. The van der Waals surface area contributed by atoms with Crippen LogP contribution in [0.1, 0.15) is 42.5 Å². The standard InChI is InChI=1S/C17H20N4O/c1-11(2)15(19)16-20-12(3)14(9-18)17(22)21(16)10-13-7-5-4-6-8-13/h4-8,11,15H,10,19H2,1-3H3. The SMILES string of the molecule is Cc1nc(C(N)C(C)C)n(Cc2ccccc2)c(=O)c1C#N. The molecule has 0 amide bonds. The molecule has 5 nitrogen and oxygen atoms in total. The quantitative estimate of drug-likeness (QED) is 0.936. The molecule has 0 saturated heterocycles. The van der Waals surface area contributed by atoms with Gasteiger partial charge in [-0.25, -0.2) is 4.98 Å². The average molecular weight is 296 g/mol. The van der Waals surface area contributed by atoms with E-state index in [0.29, 0.717) is 18.1 Å². The summed E-state index contributed by atoms with van der Waals surface area (Å²) in [7, 11) is 0. The Kier molecular flexibility index (Phi) is 4.74. The van der Waals surface area contributed by atoms with Gasteiger partial charge in [0.15, 0.2) is 0 Å². The van der Waals surface area contributed by atoms with Crippen LogP contribution in [0, 0.1) is 24.2 Å². The van der Waals surface area contributed by atoms with Gasteiger partial charge in [-0.2, -0.15) is 5.26 Å². The Balaban J connectivity index is 2.63. The summed E-state index contributed by atoms with van der Waals surface area (Å²) in [4.78, 5) is 17.1. The molecule has 0 fully saturated rings. The molecule has 0 spiro atoms. The van der Waals surface area contributed by atoms with Crippen molar-refractivity contribution < 1.29 is 0 Å². The molecule has 1 heterocycles. The summed E-state index contributed by atoms with van der Waals surface area (Å²) in [5.74, 6) is 0.668. The van der Waals surface area contributed by atoms with Gasteiger partial charge in [0, 0.05) is 0 Å². The Labute approximate surface area is 130 Å². The van der Waals surface area contributed by atoms with Gasteiger partial charge in [0.25, 0.3) is 5.56 Å². The van der Waals surface area contributed by atoms with Gasteiger partial charge < -0.3 is 5.73 Å². The van der Waals surface area contributed by atoms with Gasteiger partial charge in [-0.05, 0) is 18.4 Å². The minimum atomic E-state index is -0.358. The second kappa shape index (κ2) is 6.54. The van der Waals surface area contributed by atoms with E-state index in [-0.39, 0.29) is 23.1 Å². The van der Waals surface area contributed by atoms with Crippen LogP contribution in [-0.4, -0.2) is 9.55 Å². The van der Waals surface area contributed by atoms with Gasteiger partial charge in [0.1, 0.15) is 17.5 Å². The molecule has 1 aromatic heterocycles. The van der Waals surface area contributed by atoms with Gasteiger partial charge in [-0.3, -0.25) is 9.36 Å². The van der Waals surface area contributed by atoms with E-state index >= 15 is 0 Å². The zero-order valence-corrected chi connectivity index (χ0v) is 13.1. The van der Waals surface area contributed by atoms with Crippen LogP contribution in [0.15, 0.2) is 35.1 Å². The third-order valence-electron chi connectivity index (χ3n) is 3.69. The maximum atomic E-state index is 12.6. The molecular weight excluding hydrogens is 276 g/mol. The molecule has 0 bridgehead atoms. The maximum absolute atomic E-state index is 12.6. The highest BCUT2D eigenvalue weighted by molar-refractivity contribution is 5.31. The number of aryl methyl sites for hydroxylation is 1. The molecule has 2 aromatic rings. The number of nitrogens with zero attached hydrogens (tertiary/aromatic N) is 3. The third kappa shape index (κ3) is 3.07. The molecule has 5 heteroatoms. The van der Waals surface area contributed by atoms with Crippen molar-refractivity contribution in [2.75, 3.05) is 0 Å². The lowest BCUT2D eigenvalue weighted by Crippen LogP contribution is -2.34. The van der Waals surface area contributed by atoms with Crippen molar-refractivity contribution >= 4 is 0 Å². The van der Waals surface area contributed by atoms with Crippen LogP contribution in [0.25, 0.3) is 0 Å². The highest BCUT2D eigenvalue weighted by atomic mass is 16.1. The molecule has 2 rings (SSSR count). The number of hydrogen-bond acceptors (Lipinski definition) is 4. The minimum Gasteiger partial charge on any atom is -0.321 e. The first-order valence-corrected chi connectivity index (χ1v) is 7.26. The monoisotopic (exact) mass is 296 g/mol. The van der Waals surface area contributed by atoms with Crippen molar-refractivity contribution in [3.63, 3.8) is 0 Å². The normalized spacial score (nSPS) is 12.2. The van der Waals surface area contributed by atoms with Gasteiger partial charge in [-0.1, -0.05) is 44.2 Å². The predicted molar refractivity (Wildman–Crippen MR) is 85.3 cm³/mol. The fourth-order valence-corrected chi connectivity index (χ4v) is 2.28. The van der Waals surface area contributed by atoms with E-state index in [1.807, 2.05) is 50.2 Å². The zero-order chi connectivity index (χ0) is 16.3. The van der Waals surface area contributed by atoms with E-state index in [1.165, 1.54) is 4.57 Å². The van der Waals surface area contributed by atoms with Crippen molar-refractivity contribution in [1.82, 2.24) is 9.55 Å². The Bertz CT molecular complexity index is 757. The lowest BCUT2D eigenvalue weighted by Gasteiger charge is -2.21. The lowest BCUT2D eigenvalue weighted by atomic mass is 10.0. The number of nitriles is 1. The minimum absolute atomic E-state index is 0.0793. The molecule has 0 saturated carbocycles. The van der Waals surface area contributed by atoms with Crippen LogP contribution in [0.4, 0.5) is 0 Å².